The summed E-state index contributed by atoms with van der Waals surface area (Å²) in [5, 5.41) is 0. The van der Waals surface area contributed by atoms with E-state index in [-0.39, 0.29) is 0 Å². The Balaban J connectivity index is 2.24. The quantitative estimate of drug-likeness (QED) is 0.637. The lowest BCUT2D eigenvalue weighted by Gasteiger charge is -2.04. The number of rotatable bonds is 1. The molecule has 3 heteroatoms. The Morgan fingerprint density at radius 3 is 2.76 bits per heavy atom. The topological polar surface area (TPSA) is 28.9 Å². The minimum Gasteiger partial charge on any atom is -0.429 e. The number of H-pyrrole nitrogens is 1. The first-order valence-electron chi connectivity index (χ1n) is 5.43. The first-order valence-corrected chi connectivity index (χ1v) is 5.84. The van der Waals surface area contributed by atoms with Crippen LogP contribution in [0.3, 0.4) is 0 Å². The number of benzene rings is 2. The maximum Gasteiger partial charge on any atom is 0.266 e. The van der Waals surface area contributed by atoms with Crippen LogP contribution >= 0.6 is 12.2 Å². The molecule has 0 aliphatic carbocycles. The summed E-state index contributed by atoms with van der Waals surface area (Å²) in [6.07, 6.45) is 0. The van der Waals surface area contributed by atoms with E-state index in [1.165, 1.54) is 11.1 Å². The number of aryl methyl sites for hydroxylation is 1. The van der Waals surface area contributed by atoms with Crippen molar-refractivity contribution in [3.8, 4) is 11.1 Å². The summed E-state index contributed by atoms with van der Waals surface area (Å²) in [6.45, 7) is 2.10. The molecule has 0 fully saturated rings. The standard InChI is InChI=1S/C14H11NOS/c1-9-4-2-3-5-11(9)10-6-7-12-13(8-10)16-14(17)15-12/h2-8H,1H3,(H,15,17). The lowest BCUT2D eigenvalue weighted by Crippen LogP contribution is -1.82. The van der Waals surface area contributed by atoms with Gasteiger partial charge in [0.05, 0.1) is 5.52 Å². The molecule has 2 nitrogen and oxygen atoms in total. The average Bonchev–Trinajstić information content (AvgIpc) is 2.68. The van der Waals surface area contributed by atoms with Crippen molar-refractivity contribution in [2.45, 2.75) is 6.92 Å². The van der Waals surface area contributed by atoms with Crippen molar-refractivity contribution >= 4 is 23.3 Å². The fourth-order valence-electron chi connectivity index (χ4n) is 2.01. The second kappa shape index (κ2) is 3.86. The van der Waals surface area contributed by atoms with Crippen LogP contribution < -0.4 is 0 Å². The number of fused-ring (bicyclic) bond motifs is 1. The Bertz CT molecular complexity index is 739. The Morgan fingerprint density at radius 2 is 1.94 bits per heavy atom. The molecule has 3 rings (SSSR count). The van der Waals surface area contributed by atoms with E-state index in [4.69, 9.17) is 16.6 Å². The van der Waals surface area contributed by atoms with Gasteiger partial charge in [-0.15, -0.1) is 0 Å². The third kappa shape index (κ3) is 1.78. The van der Waals surface area contributed by atoms with E-state index in [0.717, 1.165) is 16.7 Å². The molecule has 3 aromatic rings. The molecule has 0 amide bonds. The first-order chi connectivity index (χ1) is 8.24. The van der Waals surface area contributed by atoms with E-state index in [1.54, 1.807) is 0 Å². The number of hydrogen-bond donors (Lipinski definition) is 1. The van der Waals surface area contributed by atoms with Crippen molar-refractivity contribution in [3.05, 3.63) is 52.9 Å². The zero-order chi connectivity index (χ0) is 11.8. The van der Waals surface area contributed by atoms with Gasteiger partial charge >= 0.3 is 0 Å². The van der Waals surface area contributed by atoms with E-state index in [2.05, 4.69) is 30.1 Å². The zero-order valence-electron chi connectivity index (χ0n) is 9.36. The van der Waals surface area contributed by atoms with Gasteiger partial charge in [0.25, 0.3) is 4.84 Å². The van der Waals surface area contributed by atoms with E-state index in [1.807, 2.05) is 24.3 Å². The van der Waals surface area contributed by atoms with E-state index < -0.39 is 0 Å². The summed E-state index contributed by atoms with van der Waals surface area (Å²) >= 11 is 4.98. The van der Waals surface area contributed by atoms with E-state index in [9.17, 15) is 0 Å². The van der Waals surface area contributed by atoms with Gasteiger partial charge in [-0.05, 0) is 48.0 Å². The molecule has 0 atom stereocenters. The Labute approximate surface area is 104 Å². The van der Waals surface area contributed by atoms with Crippen LogP contribution in [-0.4, -0.2) is 4.98 Å². The highest BCUT2D eigenvalue weighted by atomic mass is 32.1. The second-order valence-corrected chi connectivity index (χ2v) is 4.41. The van der Waals surface area contributed by atoms with Crippen LogP contribution in [0.25, 0.3) is 22.2 Å². The van der Waals surface area contributed by atoms with Crippen molar-refractivity contribution in [3.63, 3.8) is 0 Å². The Kier molecular flexibility index (Phi) is 2.34. The number of aromatic amines is 1. The van der Waals surface area contributed by atoms with Gasteiger partial charge in [-0.1, -0.05) is 30.3 Å². The molecule has 17 heavy (non-hydrogen) atoms. The van der Waals surface area contributed by atoms with Crippen molar-refractivity contribution in [1.82, 2.24) is 4.98 Å². The van der Waals surface area contributed by atoms with Crippen molar-refractivity contribution in [1.29, 1.82) is 0 Å². The molecule has 0 aliphatic rings. The fourth-order valence-corrected chi connectivity index (χ4v) is 2.21. The average molecular weight is 241 g/mol. The Morgan fingerprint density at radius 1 is 1.12 bits per heavy atom. The van der Waals surface area contributed by atoms with Crippen LogP contribution in [0.5, 0.6) is 0 Å². The van der Waals surface area contributed by atoms with Gasteiger partial charge < -0.3 is 9.40 Å². The van der Waals surface area contributed by atoms with Crippen molar-refractivity contribution in [2.75, 3.05) is 0 Å². The summed E-state index contributed by atoms with van der Waals surface area (Å²) in [5.41, 5.74) is 5.36. The van der Waals surface area contributed by atoms with Crippen LogP contribution in [0.15, 0.2) is 46.9 Å². The molecule has 1 aromatic heterocycles. The van der Waals surface area contributed by atoms with Gasteiger partial charge in [-0.2, -0.15) is 0 Å². The van der Waals surface area contributed by atoms with Crippen molar-refractivity contribution in [2.24, 2.45) is 0 Å². The van der Waals surface area contributed by atoms with Gasteiger partial charge in [0.1, 0.15) is 0 Å². The third-order valence-electron chi connectivity index (χ3n) is 2.88. The van der Waals surface area contributed by atoms with Gasteiger partial charge in [0.15, 0.2) is 5.58 Å². The lowest BCUT2D eigenvalue weighted by atomic mass is 10.0. The SMILES string of the molecule is Cc1ccccc1-c1ccc2[nH]c(=S)oc2c1. The van der Waals surface area contributed by atoms with Crippen LogP contribution in [0.4, 0.5) is 0 Å². The van der Waals surface area contributed by atoms with Gasteiger partial charge in [0, 0.05) is 0 Å². The molecule has 0 saturated carbocycles. The molecule has 1 heterocycles. The summed E-state index contributed by atoms with van der Waals surface area (Å²) < 4.78 is 5.43. The predicted octanol–water partition coefficient (Wildman–Crippen LogP) is 4.47. The third-order valence-corrected chi connectivity index (χ3v) is 3.06. The molecule has 0 spiro atoms. The van der Waals surface area contributed by atoms with Crippen LogP contribution in [0, 0.1) is 11.8 Å². The highest BCUT2D eigenvalue weighted by Gasteiger charge is 2.04. The smallest absolute Gasteiger partial charge is 0.266 e. The van der Waals surface area contributed by atoms with Crippen LogP contribution in [-0.2, 0) is 0 Å². The molecule has 2 aromatic carbocycles. The molecular formula is C14H11NOS. The molecule has 0 aliphatic heterocycles. The van der Waals surface area contributed by atoms with E-state index >= 15 is 0 Å². The first kappa shape index (κ1) is 10.3. The number of hydrogen-bond acceptors (Lipinski definition) is 2. The van der Waals surface area contributed by atoms with Crippen LogP contribution in [0.2, 0.25) is 0 Å². The van der Waals surface area contributed by atoms with Gasteiger partial charge in [-0.3, -0.25) is 0 Å². The highest BCUT2D eigenvalue weighted by Crippen LogP contribution is 2.26. The zero-order valence-corrected chi connectivity index (χ0v) is 10.2. The summed E-state index contributed by atoms with van der Waals surface area (Å²) in [4.78, 5) is 3.42. The Hall–Kier alpha value is -1.87. The maximum atomic E-state index is 5.43. The predicted molar refractivity (Wildman–Crippen MR) is 71.6 cm³/mol. The minimum absolute atomic E-state index is 0.418. The number of oxazole rings is 1. The maximum absolute atomic E-state index is 5.43. The molecule has 0 bridgehead atoms. The van der Waals surface area contributed by atoms with Crippen LogP contribution in [0.1, 0.15) is 5.56 Å². The molecule has 0 unspecified atom stereocenters. The number of nitrogens with one attached hydrogen (secondary N) is 1. The van der Waals surface area contributed by atoms with Crippen molar-refractivity contribution < 1.29 is 4.42 Å². The number of aromatic nitrogens is 1. The molecule has 1 N–H and O–H groups in total. The second-order valence-electron chi connectivity index (χ2n) is 4.04. The molecule has 0 saturated heterocycles. The van der Waals surface area contributed by atoms with E-state index in [0.29, 0.717) is 4.84 Å². The molecular weight excluding hydrogens is 230 g/mol. The largest absolute Gasteiger partial charge is 0.429 e. The lowest BCUT2D eigenvalue weighted by molar-refractivity contribution is 0.583. The highest BCUT2D eigenvalue weighted by molar-refractivity contribution is 7.71. The fraction of sp³-hybridized carbons (Fsp3) is 0.0714. The molecule has 0 radical (unpaired) electrons. The van der Waals surface area contributed by atoms with Gasteiger partial charge in [0.2, 0.25) is 0 Å². The summed E-state index contributed by atoms with van der Waals surface area (Å²) in [7, 11) is 0. The summed E-state index contributed by atoms with van der Waals surface area (Å²) in [6, 6.07) is 14.4. The summed E-state index contributed by atoms with van der Waals surface area (Å²) in [5.74, 6) is 0. The monoisotopic (exact) mass is 241 g/mol. The van der Waals surface area contributed by atoms with Gasteiger partial charge in [-0.25, -0.2) is 0 Å². The normalized spacial score (nSPS) is 10.9. The molecule has 84 valence electrons. The minimum atomic E-state index is 0.418.